The minimum Gasteiger partial charge on any atom is -0.480 e. The van der Waals surface area contributed by atoms with Gasteiger partial charge < -0.3 is 10.0 Å². The Balaban J connectivity index is 2.27. The average Bonchev–Trinajstić information content (AvgIpc) is 2.70. The van der Waals surface area contributed by atoms with Crippen LogP contribution >= 0.6 is 0 Å². The van der Waals surface area contributed by atoms with Crippen LogP contribution in [-0.2, 0) is 16.6 Å². The number of carbonyl (C=O) groups excluding carboxylic acids is 1. The second-order valence-electron chi connectivity index (χ2n) is 5.81. The standard InChI is InChI=1S/C15H23N3O3/c1-9(13-10(2)16-17(4)11(13)3)14(19)18-8-6-5-7-12(18)15(20)21/h9,12H,5-8H2,1-4H3,(H,20,21). The lowest BCUT2D eigenvalue weighted by Crippen LogP contribution is -2.49. The highest BCUT2D eigenvalue weighted by molar-refractivity contribution is 5.88. The van der Waals surface area contributed by atoms with Gasteiger partial charge in [0.25, 0.3) is 0 Å². The largest absolute Gasteiger partial charge is 0.480 e. The van der Waals surface area contributed by atoms with Crippen LogP contribution in [0.25, 0.3) is 0 Å². The summed E-state index contributed by atoms with van der Waals surface area (Å²) < 4.78 is 1.76. The summed E-state index contributed by atoms with van der Waals surface area (Å²) in [6.07, 6.45) is 2.27. The SMILES string of the molecule is Cc1nn(C)c(C)c1C(C)C(=O)N1CCCCC1C(=O)O. The van der Waals surface area contributed by atoms with E-state index in [1.807, 2.05) is 27.8 Å². The molecule has 116 valence electrons. The number of rotatable bonds is 3. The van der Waals surface area contributed by atoms with Gasteiger partial charge in [-0.15, -0.1) is 0 Å². The van der Waals surface area contributed by atoms with Crippen LogP contribution in [0.15, 0.2) is 0 Å². The third-order valence-corrected chi connectivity index (χ3v) is 4.44. The zero-order valence-electron chi connectivity index (χ0n) is 13.1. The first-order valence-corrected chi connectivity index (χ1v) is 7.38. The fourth-order valence-corrected chi connectivity index (χ4v) is 3.24. The molecule has 1 saturated heterocycles. The molecule has 6 nitrogen and oxygen atoms in total. The molecule has 2 heterocycles. The van der Waals surface area contributed by atoms with Crippen LogP contribution in [-0.4, -0.2) is 44.3 Å². The number of amides is 1. The summed E-state index contributed by atoms with van der Waals surface area (Å²) in [5, 5.41) is 13.7. The van der Waals surface area contributed by atoms with E-state index in [2.05, 4.69) is 5.10 Å². The third-order valence-electron chi connectivity index (χ3n) is 4.44. The Morgan fingerprint density at radius 1 is 1.33 bits per heavy atom. The normalized spacial score (nSPS) is 20.4. The van der Waals surface area contributed by atoms with E-state index < -0.39 is 12.0 Å². The molecule has 0 bridgehead atoms. The molecule has 6 heteroatoms. The van der Waals surface area contributed by atoms with E-state index in [-0.39, 0.29) is 11.8 Å². The van der Waals surface area contributed by atoms with Crippen molar-refractivity contribution in [2.24, 2.45) is 7.05 Å². The molecule has 0 saturated carbocycles. The molecule has 2 atom stereocenters. The third kappa shape index (κ3) is 2.80. The van der Waals surface area contributed by atoms with Crippen LogP contribution in [0.2, 0.25) is 0 Å². The summed E-state index contributed by atoms with van der Waals surface area (Å²) >= 11 is 0. The Morgan fingerprint density at radius 3 is 2.52 bits per heavy atom. The van der Waals surface area contributed by atoms with Crippen molar-refractivity contribution in [1.82, 2.24) is 14.7 Å². The number of nitrogens with zero attached hydrogens (tertiary/aromatic N) is 3. The summed E-state index contributed by atoms with van der Waals surface area (Å²) in [6, 6.07) is -0.689. The van der Waals surface area contributed by atoms with Crippen LogP contribution in [0.3, 0.4) is 0 Å². The highest BCUT2D eigenvalue weighted by atomic mass is 16.4. The second kappa shape index (κ2) is 5.87. The summed E-state index contributed by atoms with van der Waals surface area (Å²) in [6.45, 7) is 6.19. The maximum Gasteiger partial charge on any atom is 0.326 e. The van der Waals surface area contributed by atoms with Crippen LogP contribution < -0.4 is 0 Å². The molecule has 2 unspecified atom stereocenters. The smallest absolute Gasteiger partial charge is 0.326 e. The van der Waals surface area contributed by atoms with Crippen molar-refractivity contribution in [1.29, 1.82) is 0 Å². The molecule has 2 rings (SSSR count). The number of likely N-dealkylation sites (tertiary alicyclic amines) is 1. The fourth-order valence-electron chi connectivity index (χ4n) is 3.24. The van der Waals surface area contributed by atoms with Crippen molar-refractivity contribution in [2.45, 2.75) is 52.0 Å². The average molecular weight is 293 g/mol. The number of hydrogen-bond acceptors (Lipinski definition) is 3. The molecule has 1 aromatic heterocycles. The van der Waals surface area contributed by atoms with E-state index in [4.69, 9.17) is 0 Å². The number of piperidine rings is 1. The number of hydrogen-bond donors (Lipinski definition) is 1. The minimum absolute atomic E-state index is 0.110. The number of aromatic nitrogens is 2. The molecule has 1 aromatic rings. The highest BCUT2D eigenvalue weighted by Crippen LogP contribution is 2.28. The van der Waals surface area contributed by atoms with Crippen molar-refractivity contribution >= 4 is 11.9 Å². The fraction of sp³-hybridized carbons (Fsp3) is 0.667. The maximum absolute atomic E-state index is 12.8. The van der Waals surface area contributed by atoms with E-state index >= 15 is 0 Å². The second-order valence-corrected chi connectivity index (χ2v) is 5.81. The van der Waals surface area contributed by atoms with Crippen LogP contribution in [0.1, 0.15) is 49.1 Å². The molecule has 1 aliphatic heterocycles. The quantitative estimate of drug-likeness (QED) is 0.918. The molecule has 1 amide bonds. The van der Waals surface area contributed by atoms with Crippen molar-refractivity contribution in [3.8, 4) is 0 Å². The topological polar surface area (TPSA) is 75.4 Å². The van der Waals surface area contributed by atoms with E-state index in [0.29, 0.717) is 13.0 Å². The zero-order valence-corrected chi connectivity index (χ0v) is 13.1. The van der Waals surface area contributed by atoms with Gasteiger partial charge in [-0.1, -0.05) is 0 Å². The molecular weight excluding hydrogens is 270 g/mol. The number of carboxylic acids is 1. The minimum atomic E-state index is -0.908. The van der Waals surface area contributed by atoms with Crippen molar-refractivity contribution in [3.63, 3.8) is 0 Å². The van der Waals surface area contributed by atoms with Gasteiger partial charge in [-0.25, -0.2) is 4.79 Å². The van der Waals surface area contributed by atoms with Crippen LogP contribution in [0.4, 0.5) is 0 Å². The predicted octanol–water partition coefficient (Wildman–Crippen LogP) is 1.61. The van der Waals surface area contributed by atoms with Gasteiger partial charge in [0.15, 0.2) is 0 Å². The van der Waals surface area contributed by atoms with Crippen molar-refractivity contribution in [2.75, 3.05) is 6.54 Å². The first-order chi connectivity index (χ1) is 9.84. The van der Waals surface area contributed by atoms with E-state index in [0.717, 1.165) is 29.8 Å². The lowest BCUT2D eigenvalue weighted by Gasteiger charge is -2.34. The highest BCUT2D eigenvalue weighted by Gasteiger charge is 2.35. The van der Waals surface area contributed by atoms with Gasteiger partial charge in [-0.2, -0.15) is 5.10 Å². The van der Waals surface area contributed by atoms with E-state index in [9.17, 15) is 14.7 Å². The number of carbonyl (C=O) groups is 2. The molecule has 0 aromatic carbocycles. The first-order valence-electron chi connectivity index (χ1n) is 7.38. The molecule has 1 fully saturated rings. The number of aryl methyl sites for hydroxylation is 2. The van der Waals surface area contributed by atoms with Gasteiger partial charge in [-0.3, -0.25) is 9.48 Å². The van der Waals surface area contributed by atoms with Crippen molar-refractivity contribution < 1.29 is 14.7 Å². The van der Waals surface area contributed by atoms with Gasteiger partial charge in [0.2, 0.25) is 5.91 Å². The molecule has 21 heavy (non-hydrogen) atoms. The Labute approximate surface area is 124 Å². The Hall–Kier alpha value is -1.85. The Kier molecular flexibility index (Phi) is 4.34. The molecular formula is C15H23N3O3. The number of carboxylic acid groups (broad SMARTS) is 1. The molecule has 1 aliphatic rings. The van der Waals surface area contributed by atoms with Crippen LogP contribution in [0.5, 0.6) is 0 Å². The van der Waals surface area contributed by atoms with Gasteiger partial charge in [0, 0.05) is 24.8 Å². The molecule has 0 spiro atoms. The summed E-state index contributed by atoms with van der Waals surface area (Å²) in [7, 11) is 1.85. The Morgan fingerprint density at radius 2 is 2.00 bits per heavy atom. The predicted molar refractivity (Wildman–Crippen MR) is 78.1 cm³/mol. The van der Waals surface area contributed by atoms with Gasteiger partial charge in [0.05, 0.1) is 11.6 Å². The lowest BCUT2D eigenvalue weighted by molar-refractivity contribution is -0.152. The molecule has 1 N–H and O–H groups in total. The lowest BCUT2D eigenvalue weighted by atomic mass is 9.94. The van der Waals surface area contributed by atoms with Crippen molar-refractivity contribution in [3.05, 3.63) is 17.0 Å². The molecule has 0 aliphatic carbocycles. The van der Waals surface area contributed by atoms with Gasteiger partial charge >= 0.3 is 5.97 Å². The Bertz CT molecular complexity index is 565. The molecule has 0 radical (unpaired) electrons. The first kappa shape index (κ1) is 15.5. The zero-order chi connectivity index (χ0) is 15.7. The monoisotopic (exact) mass is 293 g/mol. The summed E-state index contributed by atoms with van der Waals surface area (Å²) in [5.41, 5.74) is 2.70. The summed E-state index contributed by atoms with van der Waals surface area (Å²) in [5.74, 6) is -1.38. The van der Waals surface area contributed by atoms with Gasteiger partial charge in [-0.05, 0) is 40.0 Å². The maximum atomic E-state index is 12.8. The number of aliphatic carboxylic acids is 1. The van der Waals surface area contributed by atoms with Crippen LogP contribution in [0, 0.1) is 13.8 Å². The van der Waals surface area contributed by atoms with Gasteiger partial charge in [0.1, 0.15) is 6.04 Å². The van der Waals surface area contributed by atoms with E-state index in [1.54, 1.807) is 4.68 Å². The summed E-state index contributed by atoms with van der Waals surface area (Å²) in [4.78, 5) is 25.6. The van der Waals surface area contributed by atoms with E-state index in [1.165, 1.54) is 4.90 Å².